The molecule has 0 aromatic carbocycles. The van der Waals surface area contributed by atoms with E-state index in [1.165, 1.54) is 12.8 Å². The van der Waals surface area contributed by atoms with E-state index < -0.39 is 0 Å². The van der Waals surface area contributed by atoms with Crippen LogP contribution in [0.15, 0.2) is 12.1 Å². The monoisotopic (exact) mass is 290 g/mol. The van der Waals surface area contributed by atoms with Gasteiger partial charge < -0.3 is 21.1 Å². The highest BCUT2D eigenvalue weighted by Gasteiger charge is 2.26. The van der Waals surface area contributed by atoms with Crippen molar-refractivity contribution in [2.24, 2.45) is 17.6 Å². The quantitative estimate of drug-likeness (QED) is 0.848. The van der Waals surface area contributed by atoms with Crippen molar-refractivity contribution in [3.63, 3.8) is 0 Å². The molecule has 1 aliphatic carbocycles. The molecule has 1 saturated heterocycles. The molecule has 3 rings (SSSR count). The number of aromatic nitrogens is 1. The molecule has 2 aliphatic rings. The molecule has 0 spiro atoms. The van der Waals surface area contributed by atoms with Gasteiger partial charge in [0.1, 0.15) is 5.82 Å². The number of amides is 1. The fraction of sp³-hybridized carbons (Fsp3) is 0.600. The van der Waals surface area contributed by atoms with Crippen molar-refractivity contribution in [2.45, 2.75) is 25.7 Å². The number of pyridine rings is 1. The maximum atomic E-state index is 11.4. The van der Waals surface area contributed by atoms with Crippen molar-refractivity contribution >= 4 is 17.4 Å². The maximum absolute atomic E-state index is 11.4. The van der Waals surface area contributed by atoms with Crippen LogP contribution in [0.3, 0.4) is 0 Å². The Bertz CT molecular complexity index is 530. The lowest BCUT2D eigenvalue weighted by Crippen LogP contribution is -2.41. The molecule has 6 nitrogen and oxygen atoms in total. The molecule has 1 aromatic heterocycles. The van der Waals surface area contributed by atoms with E-state index >= 15 is 0 Å². The Balaban J connectivity index is 1.71. The first-order chi connectivity index (χ1) is 10.1. The third kappa shape index (κ3) is 3.37. The molecule has 2 fully saturated rings. The van der Waals surface area contributed by atoms with E-state index in [-0.39, 0.29) is 11.8 Å². The van der Waals surface area contributed by atoms with E-state index in [0.29, 0.717) is 30.6 Å². The van der Waals surface area contributed by atoms with Gasteiger partial charge in [0.25, 0.3) is 0 Å². The molecule has 0 bridgehead atoms. The number of hydrogen-bond acceptors (Lipinski definition) is 5. The van der Waals surface area contributed by atoms with Gasteiger partial charge in [-0.2, -0.15) is 4.98 Å². The minimum absolute atomic E-state index is 0.103. The van der Waals surface area contributed by atoms with Crippen molar-refractivity contribution in [3.05, 3.63) is 12.1 Å². The fourth-order valence-electron chi connectivity index (χ4n) is 2.63. The van der Waals surface area contributed by atoms with Crippen LogP contribution in [0, 0.1) is 11.8 Å². The summed E-state index contributed by atoms with van der Waals surface area (Å²) in [4.78, 5) is 18.0. The van der Waals surface area contributed by atoms with Gasteiger partial charge in [-0.05, 0) is 43.7 Å². The molecule has 0 radical (unpaired) electrons. The number of carbonyl (C=O) groups excluding carboxylic acids is 1. The number of nitrogens with zero attached hydrogens (tertiary/aromatic N) is 2. The first kappa shape index (κ1) is 14.0. The molecular formula is C15H22N4O2. The standard InChI is InChI=1S/C15H22N4O2/c16-12-5-6-13(18-15(12)21-9-10-3-4-10)19-7-1-2-11(8-19)14(17)20/h5-6,10-11H,1-4,7-9,16H2,(H2,17,20). The second-order valence-corrected chi connectivity index (χ2v) is 6.01. The Morgan fingerprint density at radius 2 is 2.19 bits per heavy atom. The van der Waals surface area contributed by atoms with Crippen molar-refractivity contribution < 1.29 is 9.53 Å². The van der Waals surface area contributed by atoms with Crippen LogP contribution in [-0.2, 0) is 4.79 Å². The Morgan fingerprint density at radius 1 is 1.38 bits per heavy atom. The molecule has 114 valence electrons. The van der Waals surface area contributed by atoms with Crippen LogP contribution in [0.5, 0.6) is 5.88 Å². The molecule has 6 heteroatoms. The number of anilines is 2. The average Bonchev–Trinajstić information content (AvgIpc) is 3.31. The van der Waals surface area contributed by atoms with Crippen LogP contribution in [0.4, 0.5) is 11.5 Å². The van der Waals surface area contributed by atoms with Gasteiger partial charge in [0, 0.05) is 13.1 Å². The van der Waals surface area contributed by atoms with Crippen LogP contribution in [-0.4, -0.2) is 30.6 Å². The summed E-state index contributed by atoms with van der Waals surface area (Å²) < 4.78 is 5.71. The highest BCUT2D eigenvalue weighted by molar-refractivity contribution is 5.77. The normalized spacial score (nSPS) is 22.1. The van der Waals surface area contributed by atoms with Gasteiger partial charge >= 0.3 is 0 Å². The van der Waals surface area contributed by atoms with Crippen molar-refractivity contribution in [2.75, 3.05) is 30.3 Å². The van der Waals surface area contributed by atoms with Crippen LogP contribution in [0.2, 0.25) is 0 Å². The maximum Gasteiger partial charge on any atom is 0.239 e. The summed E-state index contributed by atoms with van der Waals surface area (Å²) >= 11 is 0. The summed E-state index contributed by atoms with van der Waals surface area (Å²) in [6.07, 6.45) is 4.25. The average molecular weight is 290 g/mol. The van der Waals surface area contributed by atoms with Crippen LogP contribution in [0.1, 0.15) is 25.7 Å². The van der Waals surface area contributed by atoms with Gasteiger partial charge in [-0.1, -0.05) is 0 Å². The predicted octanol–water partition coefficient (Wildman–Crippen LogP) is 1.15. The summed E-state index contributed by atoms with van der Waals surface area (Å²) in [6, 6.07) is 3.70. The molecule has 21 heavy (non-hydrogen) atoms. The highest BCUT2D eigenvalue weighted by Crippen LogP contribution is 2.31. The molecule has 1 atom stereocenters. The summed E-state index contributed by atoms with van der Waals surface area (Å²) in [7, 11) is 0. The minimum atomic E-state index is -0.236. The Kier molecular flexibility index (Phi) is 3.86. The number of nitrogens with two attached hydrogens (primary N) is 2. The van der Waals surface area contributed by atoms with Crippen molar-refractivity contribution in [3.8, 4) is 5.88 Å². The molecule has 1 unspecified atom stereocenters. The van der Waals surface area contributed by atoms with Crippen LogP contribution in [0.25, 0.3) is 0 Å². The second-order valence-electron chi connectivity index (χ2n) is 6.01. The van der Waals surface area contributed by atoms with E-state index in [2.05, 4.69) is 9.88 Å². The summed E-state index contributed by atoms with van der Waals surface area (Å²) in [5, 5.41) is 0. The van der Waals surface area contributed by atoms with Gasteiger partial charge in [0.15, 0.2) is 0 Å². The number of nitrogen functional groups attached to an aromatic ring is 1. The lowest BCUT2D eigenvalue weighted by atomic mass is 9.97. The molecule has 1 saturated carbocycles. The Morgan fingerprint density at radius 3 is 2.90 bits per heavy atom. The van der Waals surface area contributed by atoms with Gasteiger partial charge in [-0.3, -0.25) is 4.79 Å². The number of carbonyl (C=O) groups is 1. The smallest absolute Gasteiger partial charge is 0.239 e. The first-order valence-corrected chi connectivity index (χ1v) is 7.57. The van der Waals surface area contributed by atoms with Gasteiger partial charge in [-0.15, -0.1) is 0 Å². The van der Waals surface area contributed by atoms with E-state index in [0.717, 1.165) is 25.2 Å². The zero-order chi connectivity index (χ0) is 14.8. The second kappa shape index (κ2) is 5.79. The van der Waals surface area contributed by atoms with Crippen LogP contribution < -0.4 is 21.1 Å². The first-order valence-electron chi connectivity index (χ1n) is 7.57. The molecule has 4 N–H and O–H groups in total. The Labute approximate surface area is 124 Å². The highest BCUT2D eigenvalue weighted by atomic mass is 16.5. The van der Waals surface area contributed by atoms with Gasteiger partial charge in [-0.25, -0.2) is 0 Å². The molecular weight excluding hydrogens is 268 g/mol. The summed E-state index contributed by atoms with van der Waals surface area (Å²) in [5.41, 5.74) is 11.9. The number of hydrogen-bond donors (Lipinski definition) is 2. The number of primary amides is 1. The zero-order valence-corrected chi connectivity index (χ0v) is 12.1. The number of rotatable bonds is 5. The van der Waals surface area contributed by atoms with Crippen LogP contribution >= 0.6 is 0 Å². The molecule has 2 heterocycles. The van der Waals surface area contributed by atoms with Gasteiger partial charge in [0.2, 0.25) is 11.8 Å². The van der Waals surface area contributed by atoms with E-state index in [1.807, 2.05) is 12.1 Å². The summed E-state index contributed by atoms with van der Waals surface area (Å²) in [6.45, 7) is 2.18. The van der Waals surface area contributed by atoms with Crippen molar-refractivity contribution in [1.82, 2.24) is 4.98 Å². The number of piperidine rings is 1. The van der Waals surface area contributed by atoms with Gasteiger partial charge in [0.05, 0.1) is 18.2 Å². The predicted molar refractivity (Wildman–Crippen MR) is 81.0 cm³/mol. The van der Waals surface area contributed by atoms with Crippen molar-refractivity contribution in [1.29, 1.82) is 0 Å². The summed E-state index contributed by atoms with van der Waals surface area (Å²) in [5.74, 6) is 1.62. The fourth-order valence-corrected chi connectivity index (χ4v) is 2.63. The van der Waals surface area contributed by atoms with E-state index in [9.17, 15) is 4.79 Å². The molecule has 1 aromatic rings. The zero-order valence-electron chi connectivity index (χ0n) is 12.1. The number of ether oxygens (including phenoxy) is 1. The Hall–Kier alpha value is -1.98. The van der Waals surface area contributed by atoms with E-state index in [4.69, 9.17) is 16.2 Å². The lowest BCUT2D eigenvalue weighted by Gasteiger charge is -2.32. The molecule has 1 aliphatic heterocycles. The largest absolute Gasteiger partial charge is 0.476 e. The third-order valence-electron chi connectivity index (χ3n) is 4.18. The third-order valence-corrected chi connectivity index (χ3v) is 4.18. The SMILES string of the molecule is NC(=O)C1CCCN(c2ccc(N)c(OCC3CC3)n2)C1. The molecule has 1 amide bonds. The lowest BCUT2D eigenvalue weighted by molar-refractivity contribution is -0.122. The van der Waals surface area contributed by atoms with E-state index in [1.54, 1.807) is 0 Å². The minimum Gasteiger partial charge on any atom is -0.476 e. The topological polar surface area (TPSA) is 94.5 Å².